The highest BCUT2D eigenvalue weighted by atomic mass is 16.5. The molecule has 3 saturated carbocycles. The van der Waals surface area contributed by atoms with Gasteiger partial charge in [-0.05, 0) is 142 Å². The maximum Gasteiger partial charge on any atom is 0.119 e. The van der Waals surface area contributed by atoms with E-state index in [0.717, 1.165) is 54.5 Å². The molecule has 0 aliphatic heterocycles. The van der Waals surface area contributed by atoms with Crippen LogP contribution < -0.4 is 9.47 Å². The number of nitrogens with zero attached hydrogens (tertiary/aromatic N) is 1. The fourth-order valence-electron chi connectivity index (χ4n) is 11.2. The topological polar surface area (TPSA) is 69.9 Å². The van der Waals surface area contributed by atoms with Crippen LogP contribution in [0.15, 0.2) is 72.8 Å². The Morgan fingerprint density at radius 2 is 0.788 bits per heavy atom. The number of ether oxygens (including phenoxy) is 5. The third-order valence-corrected chi connectivity index (χ3v) is 15.1. The van der Waals surface area contributed by atoms with Gasteiger partial charge in [-0.25, -0.2) is 0 Å². The molecule has 3 aromatic carbocycles. The van der Waals surface area contributed by atoms with E-state index in [1.165, 1.54) is 152 Å². The van der Waals surface area contributed by atoms with Crippen molar-refractivity contribution in [1.29, 1.82) is 5.26 Å². The van der Waals surface area contributed by atoms with Gasteiger partial charge in [0.15, 0.2) is 0 Å². The lowest BCUT2D eigenvalue weighted by molar-refractivity contribution is 0.0303. The Bertz CT molecular complexity index is 1700. The normalized spacial score (nSPS) is 25.0. The lowest BCUT2D eigenvalue weighted by Crippen LogP contribution is -2.29. The van der Waals surface area contributed by atoms with Crippen LogP contribution >= 0.6 is 0 Å². The molecule has 6 rings (SSSR count). The van der Waals surface area contributed by atoms with E-state index in [9.17, 15) is 0 Å². The van der Waals surface area contributed by atoms with Gasteiger partial charge in [-0.3, -0.25) is 0 Å². The predicted molar refractivity (Wildman–Crippen MR) is 276 cm³/mol. The zero-order valence-corrected chi connectivity index (χ0v) is 43.1. The first-order valence-corrected chi connectivity index (χ1v) is 26.9. The van der Waals surface area contributed by atoms with Crippen LogP contribution in [-0.2, 0) is 14.2 Å². The second-order valence-corrected chi connectivity index (χ2v) is 19.8. The van der Waals surface area contributed by atoms with E-state index >= 15 is 0 Å². The Morgan fingerprint density at radius 3 is 1.09 bits per heavy atom. The van der Waals surface area contributed by atoms with Crippen molar-refractivity contribution in [3.8, 4) is 17.6 Å². The van der Waals surface area contributed by atoms with Gasteiger partial charge in [0.25, 0.3) is 0 Å². The van der Waals surface area contributed by atoms with Crippen LogP contribution in [0.5, 0.6) is 11.5 Å². The van der Waals surface area contributed by atoms with Gasteiger partial charge >= 0.3 is 0 Å². The number of nitriles is 1. The summed E-state index contributed by atoms with van der Waals surface area (Å²) in [5.74, 6) is 6.07. The molecule has 0 amide bonds. The number of hydrogen-bond donors (Lipinski definition) is 0. The fraction of sp³-hybridized carbons (Fsp3) is 0.683. The van der Waals surface area contributed by atoms with E-state index in [4.69, 9.17) is 28.9 Å². The fourth-order valence-corrected chi connectivity index (χ4v) is 11.2. The summed E-state index contributed by atoms with van der Waals surface area (Å²) in [6.45, 7) is 12.5. The third kappa shape index (κ3) is 18.6. The molecule has 0 saturated heterocycles. The first-order valence-electron chi connectivity index (χ1n) is 26.9. The number of methoxy groups -OCH3 is 3. The summed E-state index contributed by atoms with van der Waals surface area (Å²) in [5.41, 5.74) is 4.88. The Kier molecular flexibility index (Phi) is 27.1. The van der Waals surface area contributed by atoms with Crippen molar-refractivity contribution in [3.05, 3.63) is 95.1 Å². The molecule has 9 atom stereocenters. The van der Waals surface area contributed by atoms with Gasteiger partial charge in [0, 0.05) is 39.1 Å². The van der Waals surface area contributed by atoms with E-state index in [1.54, 1.807) is 0 Å². The van der Waals surface area contributed by atoms with Crippen molar-refractivity contribution in [2.45, 2.75) is 212 Å². The summed E-state index contributed by atoms with van der Waals surface area (Å²) in [6, 6.07) is 27.6. The minimum absolute atomic E-state index is 0.332. The van der Waals surface area contributed by atoms with Crippen LogP contribution in [0.4, 0.5) is 0 Å². The lowest BCUT2D eigenvalue weighted by Gasteiger charge is -2.35. The van der Waals surface area contributed by atoms with Crippen molar-refractivity contribution in [3.63, 3.8) is 0 Å². The van der Waals surface area contributed by atoms with Crippen LogP contribution in [0.1, 0.15) is 216 Å². The van der Waals surface area contributed by atoms with Crippen LogP contribution in [0.3, 0.4) is 0 Å². The summed E-state index contributed by atoms with van der Waals surface area (Å²) >= 11 is 0. The summed E-state index contributed by atoms with van der Waals surface area (Å²) in [6.07, 6.45) is 29.7. The number of unbranched alkanes of at least 4 members (excludes halogenated alkanes) is 6. The summed E-state index contributed by atoms with van der Waals surface area (Å²) in [5, 5.41) is 8.90. The molecule has 3 fully saturated rings. The van der Waals surface area contributed by atoms with Crippen LogP contribution in [0.2, 0.25) is 0 Å². The number of rotatable bonds is 23. The van der Waals surface area contributed by atoms with Crippen molar-refractivity contribution >= 4 is 0 Å². The molecule has 0 bridgehead atoms. The van der Waals surface area contributed by atoms with Crippen molar-refractivity contribution in [2.24, 2.45) is 17.8 Å². The molecule has 9 unspecified atom stereocenters. The largest absolute Gasteiger partial charge is 0.494 e. The van der Waals surface area contributed by atoms with E-state index in [2.05, 4.69) is 94.4 Å². The maximum atomic E-state index is 8.90. The van der Waals surface area contributed by atoms with Gasteiger partial charge in [0.1, 0.15) is 11.5 Å². The highest BCUT2D eigenvalue weighted by Crippen LogP contribution is 2.42. The second-order valence-electron chi connectivity index (χ2n) is 19.8. The molecular weight excluding hydrogens is 815 g/mol. The monoisotopic (exact) mass is 908 g/mol. The zero-order chi connectivity index (χ0) is 47.4. The van der Waals surface area contributed by atoms with Crippen LogP contribution in [-0.4, -0.2) is 52.9 Å². The second kappa shape index (κ2) is 32.4. The predicted octanol–water partition coefficient (Wildman–Crippen LogP) is 16.6. The zero-order valence-electron chi connectivity index (χ0n) is 43.1. The minimum Gasteiger partial charge on any atom is -0.494 e. The molecule has 6 heteroatoms. The highest BCUT2D eigenvalue weighted by Gasteiger charge is 2.33. The van der Waals surface area contributed by atoms with E-state index in [1.807, 2.05) is 40.4 Å². The molecule has 6 nitrogen and oxygen atoms in total. The van der Waals surface area contributed by atoms with Crippen molar-refractivity contribution < 1.29 is 23.7 Å². The van der Waals surface area contributed by atoms with E-state index in [-0.39, 0.29) is 0 Å². The van der Waals surface area contributed by atoms with Gasteiger partial charge in [0.2, 0.25) is 0 Å². The first kappa shape index (κ1) is 55.2. The number of benzene rings is 3. The summed E-state index contributed by atoms with van der Waals surface area (Å²) < 4.78 is 28.7. The summed E-state index contributed by atoms with van der Waals surface area (Å²) in [7, 11) is 5.60. The first-order chi connectivity index (χ1) is 32.3. The molecule has 3 aliphatic carbocycles. The van der Waals surface area contributed by atoms with Crippen LogP contribution in [0, 0.1) is 29.1 Å². The van der Waals surface area contributed by atoms with Crippen molar-refractivity contribution in [1.82, 2.24) is 0 Å². The molecule has 368 valence electrons. The highest BCUT2D eigenvalue weighted by molar-refractivity contribution is 5.34. The molecule has 0 N–H and O–H groups in total. The molecule has 3 aromatic rings. The van der Waals surface area contributed by atoms with Gasteiger partial charge in [-0.1, -0.05) is 141 Å². The quantitative estimate of drug-likeness (QED) is 0.0883. The smallest absolute Gasteiger partial charge is 0.119 e. The Morgan fingerprint density at radius 1 is 0.439 bits per heavy atom. The lowest BCUT2D eigenvalue weighted by atomic mass is 9.75. The molecule has 0 heterocycles. The minimum atomic E-state index is 0.332. The SMILES string of the molecule is CCCCCC1CCC(c2ccc(C#N)cc2)C(OC)C1.CCCCCC1CCC(c2ccc(OCC)cc2)C(OC)C1.CCCCCC1CCC(c2ccc(OCCC)cc2)C(OC)C1. The standard InChI is InChI=1S/C21H34O2.C20H32O2.C19H27NO/c1-4-6-7-8-17-9-14-20(21(16-17)22-3)18-10-12-19(13-11-18)23-15-5-2;1-4-6-7-8-16-9-14-19(20(15-16)21-3)17-10-12-18(13-11-17)22-5-2;1-3-4-5-6-15-9-12-18(19(13-15)21-2)17-10-7-16(14-20)8-11-17/h10-13,17,20-21H,4-9,14-16H2,1-3H3;10-13,16,19-20H,4-9,14-15H2,1-3H3;7-8,10-11,15,18-19H,3-6,9,12-13H2,1-2H3. The Labute approximate surface area is 404 Å². The summed E-state index contributed by atoms with van der Waals surface area (Å²) in [4.78, 5) is 0. The van der Waals surface area contributed by atoms with Crippen molar-refractivity contribution in [2.75, 3.05) is 34.5 Å². The third-order valence-electron chi connectivity index (χ3n) is 15.1. The average Bonchev–Trinajstić information content (AvgIpc) is 3.37. The van der Waals surface area contributed by atoms with E-state index < -0.39 is 0 Å². The molecule has 0 spiro atoms. The van der Waals surface area contributed by atoms with Gasteiger partial charge in [-0.2, -0.15) is 5.26 Å². The molecule has 3 aliphatic rings. The molecule has 66 heavy (non-hydrogen) atoms. The maximum absolute atomic E-state index is 8.90. The van der Waals surface area contributed by atoms with Gasteiger partial charge < -0.3 is 23.7 Å². The van der Waals surface area contributed by atoms with Gasteiger partial charge in [0.05, 0.1) is 43.2 Å². The molecule has 0 aromatic heterocycles. The average molecular weight is 908 g/mol. The molecular formula is C60H93NO5. The molecule has 0 radical (unpaired) electrons. The van der Waals surface area contributed by atoms with Gasteiger partial charge in [-0.15, -0.1) is 0 Å². The van der Waals surface area contributed by atoms with Crippen LogP contribution in [0.25, 0.3) is 0 Å². The Hall–Kier alpha value is -3.37. The Balaban J connectivity index is 0.000000217. The number of hydrogen-bond acceptors (Lipinski definition) is 6. The van der Waals surface area contributed by atoms with E-state index in [0.29, 0.717) is 36.1 Å².